The molecule has 0 bridgehead atoms. The topological polar surface area (TPSA) is 41.1 Å². The van der Waals surface area contributed by atoms with Gasteiger partial charge in [-0.3, -0.25) is 4.79 Å². The minimum atomic E-state index is 0. The summed E-state index contributed by atoms with van der Waals surface area (Å²) in [6.45, 7) is 3.03. The van der Waals surface area contributed by atoms with Crippen molar-refractivity contribution in [2.24, 2.45) is 5.92 Å². The Morgan fingerprint density at radius 2 is 2.42 bits per heavy atom. The van der Waals surface area contributed by atoms with Gasteiger partial charge in [0.05, 0.1) is 5.02 Å². The molecule has 1 amide bonds. The van der Waals surface area contributed by atoms with Gasteiger partial charge in [-0.05, 0) is 44.3 Å². The second-order valence-corrected chi connectivity index (χ2v) is 6.16. The van der Waals surface area contributed by atoms with E-state index in [4.69, 9.17) is 11.6 Å². The molecular formula is C13H20Cl2N2OS. The fourth-order valence-corrected chi connectivity index (χ4v) is 3.26. The summed E-state index contributed by atoms with van der Waals surface area (Å²) in [4.78, 5) is 12.8. The lowest BCUT2D eigenvalue weighted by Crippen LogP contribution is -2.26. The third-order valence-corrected chi connectivity index (χ3v) is 4.60. The highest BCUT2D eigenvalue weighted by atomic mass is 35.5. The predicted octanol–water partition coefficient (Wildman–Crippen LogP) is 2.87. The molecule has 2 rings (SSSR count). The van der Waals surface area contributed by atoms with Crippen LogP contribution in [0.1, 0.15) is 24.1 Å². The highest BCUT2D eigenvalue weighted by molar-refractivity contribution is 7.10. The zero-order chi connectivity index (χ0) is 12.8. The quantitative estimate of drug-likeness (QED) is 0.845. The van der Waals surface area contributed by atoms with E-state index in [2.05, 4.69) is 10.6 Å². The van der Waals surface area contributed by atoms with Crippen molar-refractivity contribution in [2.75, 3.05) is 19.6 Å². The Labute approximate surface area is 129 Å². The molecule has 0 aliphatic carbocycles. The molecule has 0 saturated carbocycles. The van der Waals surface area contributed by atoms with Crippen LogP contribution < -0.4 is 10.6 Å². The summed E-state index contributed by atoms with van der Waals surface area (Å²) in [5.74, 6) is 0.881. The number of aryl methyl sites for hydroxylation is 1. The van der Waals surface area contributed by atoms with E-state index in [1.807, 2.05) is 11.4 Å². The zero-order valence-corrected chi connectivity index (χ0v) is 13.2. The number of carbonyl (C=O) groups is 1. The van der Waals surface area contributed by atoms with Crippen LogP contribution in [0, 0.1) is 5.92 Å². The van der Waals surface area contributed by atoms with Gasteiger partial charge in [-0.25, -0.2) is 0 Å². The van der Waals surface area contributed by atoms with Crippen molar-refractivity contribution in [3.8, 4) is 0 Å². The van der Waals surface area contributed by atoms with Crippen LogP contribution >= 0.6 is 35.3 Å². The molecule has 108 valence electrons. The Morgan fingerprint density at radius 3 is 3.05 bits per heavy atom. The lowest BCUT2D eigenvalue weighted by Gasteiger charge is -2.09. The van der Waals surface area contributed by atoms with Gasteiger partial charge in [0.2, 0.25) is 5.91 Å². The van der Waals surface area contributed by atoms with Crippen molar-refractivity contribution in [3.05, 3.63) is 21.3 Å². The molecule has 1 atom stereocenters. The van der Waals surface area contributed by atoms with Gasteiger partial charge in [0.25, 0.3) is 0 Å². The summed E-state index contributed by atoms with van der Waals surface area (Å²) in [6.07, 6.45) is 3.67. The average Bonchev–Trinajstić information content (AvgIpc) is 2.98. The Balaban J connectivity index is 0.00000180. The SMILES string of the molecule is Cl.O=C(CCc1cc(Cl)cs1)NCCC1CCNC1. The molecule has 0 spiro atoms. The number of nitrogens with one attached hydrogen (secondary N) is 2. The van der Waals surface area contributed by atoms with Gasteiger partial charge < -0.3 is 10.6 Å². The van der Waals surface area contributed by atoms with E-state index < -0.39 is 0 Å². The average molecular weight is 323 g/mol. The summed E-state index contributed by atoms with van der Waals surface area (Å²) in [5.41, 5.74) is 0. The van der Waals surface area contributed by atoms with Crippen molar-refractivity contribution in [3.63, 3.8) is 0 Å². The molecule has 19 heavy (non-hydrogen) atoms. The summed E-state index contributed by atoms with van der Waals surface area (Å²) in [6, 6.07) is 1.93. The standard InChI is InChI=1S/C13H19ClN2OS.ClH/c14-11-7-12(18-9-11)1-2-13(17)16-6-4-10-3-5-15-8-10;/h7,9-10,15H,1-6,8H2,(H,16,17);1H. The smallest absolute Gasteiger partial charge is 0.220 e. The first kappa shape index (κ1) is 16.8. The molecule has 3 nitrogen and oxygen atoms in total. The Bertz CT molecular complexity index is 392. The van der Waals surface area contributed by atoms with Gasteiger partial charge in [-0.2, -0.15) is 0 Å². The van der Waals surface area contributed by atoms with Gasteiger partial charge >= 0.3 is 0 Å². The predicted molar refractivity (Wildman–Crippen MR) is 83.5 cm³/mol. The third kappa shape index (κ3) is 6.13. The van der Waals surface area contributed by atoms with Crippen LogP contribution in [0.3, 0.4) is 0 Å². The summed E-state index contributed by atoms with van der Waals surface area (Å²) >= 11 is 7.45. The van der Waals surface area contributed by atoms with E-state index in [1.165, 1.54) is 11.3 Å². The Hall–Kier alpha value is -0.290. The van der Waals surface area contributed by atoms with Crippen LogP contribution in [0.2, 0.25) is 5.02 Å². The second-order valence-electron chi connectivity index (χ2n) is 4.73. The van der Waals surface area contributed by atoms with Gasteiger partial charge in [0.15, 0.2) is 0 Å². The summed E-state index contributed by atoms with van der Waals surface area (Å²) in [5, 5.41) is 9.00. The van der Waals surface area contributed by atoms with E-state index in [0.29, 0.717) is 6.42 Å². The van der Waals surface area contributed by atoms with E-state index in [9.17, 15) is 4.79 Å². The molecule has 1 aromatic heterocycles. The fourth-order valence-electron chi connectivity index (χ4n) is 2.19. The minimum Gasteiger partial charge on any atom is -0.356 e. The van der Waals surface area contributed by atoms with E-state index in [0.717, 1.165) is 43.4 Å². The normalized spacial score (nSPS) is 18.1. The van der Waals surface area contributed by atoms with Crippen molar-refractivity contribution >= 4 is 41.3 Å². The fraction of sp³-hybridized carbons (Fsp3) is 0.615. The summed E-state index contributed by atoms with van der Waals surface area (Å²) < 4.78 is 0. The van der Waals surface area contributed by atoms with Crippen LogP contribution in [0.25, 0.3) is 0 Å². The van der Waals surface area contributed by atoms with Crippen LogP contribution in [0.4, 0.5) is 0 Å². The highest BCUT2D eigenvalue weighted by Crippen LogP contribution is 2.20. The van der Waals surface area contributed by atoms with E-state index in [1.54, 1.807) is 11.3 Å². The third-order valence-electron chi connectivity index (χ3n) is 3.26. The molecular weight excluding hydrogens is 303 g/mol. The number of halogens is 2. The van der Waals surface area contributed by atoms with E-state index in [-0.39, 0.29) is 18.3 Å². The molecule has 2 heterocycles. The Morgan fingerprint density at radius 1 is 1.58 bits per heavy atom. The lowest BCUT2D eigenvalue weighted by atomic mass is 10.1. The van der Waals surface area contributed by atoms with Crippen molar-refractivity contribution in [1.29, 1.82) is 0 Å². The lowest BCUT2D eigenvalue weighted by molar-refractivity contribution is -0.121. The molecule has 1 aliphatic rings. The molecule has 0 aromatic carbocycles. The van der Waals surface area contributed by atoms with Gasteiger partial charge in [-0.1, -0.05) is 11.6 Å². The van der Waals surface area contributed by atoms with Gasteiger partial charge in [-0.15, -0.1) is 23.7 Å². The maximum atomic E-state index is 11.6. The van der Waals surface area contributed by atoms with Crippen LogP contribution in [-0.4, -0.2) is 25.5 Å². The second kappa shape index (κ2) is 8.80. The van der Waals surface area contributed by atoms with Crippen molar-refractivity contribution in [2.45, 2.75) is 25.7 Å². The van der Waals surface area contributed by atoms with Gasteiger partial charge in [0.1, 0.15) is 0 Å². The van der Waals surface area contributed by atoms with Crippen LogP contribution in [0.15, 0.2) is 11.4 Å². The number of carbonyl (C=O) groups excluding carboxylic acids is 1. The molecule has 1 fully saturated rings. The molecule has 1 saturated heterocycles. The minimum absolute atomic E-state index is 0. The molecule has 6 heteroatoms. The number of thiophene rings is 1. The number of rotatable bonds is 6. The molecule has 1 unspecified atom stereocenters. The van der Waals surface area contributed by atoms with E-state index >= 15 is 0 Å². The molecule has 2 N–H and O–H groups in total. The van der Waals surface area contributed by atoms with Crippen molar-refractivity contribution in [1.82, 2.24) is 10.6 Å². The number of hydrogen-bond donors (Lipinski definition) is 2. The zero-order valence-electron chi connectivity index (χ0n) is 10.8. The molecule has 1 aliphatic heterocycles. The largest absolute Gasteiger partial charge is 0.356 e. The first-order chi connectivity index (χ1) is 8.74. The first-order valence-electron chi connectivity index (χ1n) is 6.44. The maximum Gasteiger partial charge on any atom is 0.220 e. The van der Waals surface area contributed by atoms with Crippen LogP contribution in [0.5, 0.6) is 0 Å². The maximum absolute atomic E-state index is 11.6. The highest BCUT2D eigenvalue weighted by Gasteiger charge is 2.14. The number of hydrogen-bond acceptors (Lipinski definition) is 3. The van der Waals surface area contributed by atoms with Crippen LogP contribution in [-0.2, 0) is 11.2 Å². The summed E-state index contributed by atoms with van der Waals surface area (Å²) in [7, 11) is 0. The molecule has 1 aromatic rings. The Kier molecular flexibility index (Phi) is 7.76. The molecule has 0 radical (unpaired) electrons. The first-order valence-corrected chi connectivity index (χ1v) is 7.70. The number of amides is 1. The monoisotopic (exact) mass is 322 g/mol. The van der Waals surface area contributed by atoms with Gasteiger partial charge in [0, 0.05) is 23.2 Å². The van der Waals surface area contributed by atoms with Crippen molar-refractivity contribution < 1.29 is 4.79 Å².